The van der Waals surface area contributed by atoms with E-state index < -0.39 is 11.1 Å². The predicted octanol–water partition coefficient (Wildman–Crippen LogP) is 3.46. The largest absolute Gasteiger partial charge is 0.465 e. The topological polar surface area (TPSA) is 83.7 Å². The molecule has 0 spiro atoms. The van der Waals surface area contributed by atoms with E-state index in [0.29, 0.717) is 12.3 Å². The molecule has 0 N–H and O–H groups in total. The summed E-state index contributed by atoms with van der Waals surface area (Å²) in [6, 6.07) is 7.13. The Morgan fingerprint density at radius 1 is 1.29 bits per heavy atom. The molecule has 2 fully saturated rings. The van der Waals surface area contributed by atoms with E-state index in [0.717, 1.165) is 41.5 Å². The fourth-order valence-corrected chi connectivity index (χ4v) is 4.33. The Bertz CT molecular complexity index is 911. The van der Waals surface area contributed by atoms with Crippen molar-refractivity contribution < 1.29 is 18.8 Å². The van der Waals surface area contributed by atoms with Gasteiger partial charge in [-0.1, -0.05) is 6.07 Å². The maximum atomic E-state index is 13.0. The van der Waals surface area contributed by atoms with Crippen LogP contribution in [0.3, 0.4) is 0 Å². The number of aromatic nitrogens is 1. The highest BCUT2D eigenvalue weighted by molar-refractivity contribution is 8.18. The third-order valence-corrected chi connectivity index (χ3v) is 5.78. The Morgan fingerprint density at radius 3 is 2.93 bits per heavy atom. The van der Waals surface area contributed by atoms with Crippen molar-refractivity contribution >= 4 is 34.9 Å². The van der Waals surface area contributed by atoms with Gasteiger partial charge in [-0.05, 0) is 54.8 Å². The smallest absolute Gasteiger partial charge is 0.294 e. The van der Waals surface area contributed by atoms with Gasteiger partial charge in [0.2, 0.25) is 5.91 Å². The molecule has 2 aromatic heterocycles. The fourth-order valence-electron chi connectivity index (χ4n) is 3.51. The lowest BCUT2D eigenvalue weighted by Crippen LogP contribution is -2.45. The van der Waals surface area contributed by atoms with Crippen LogP contribution in [0.25, 0.3) is 6.08 Å². The van der Waals surface area contributed by atoms with E-state index in [1.54, 1.807) is 29.4 Å². The van der Waals surface area contributed by atoms with Gasteiger partial charge in [-0.3, -0.25) is 24.3 Å². The van der Waals surface area contributed by atoms with Crippen molar-refractivity contribution in [3.05, 3.63) is 59.2 Å². The number of carbonyl (C=O) groups excluding carboxylic acids is 3. The van der Waals surface area contributed by atoms with Crippen LogP contribution in [-0.4, -0.2) is 44.9 Å². The van der Waals surface area contributed by atoms with Crippen LogP contribution in [0.1, 0.15) is 36.6 Å². The van der Waals surface area contributed by atoms with Crippen LogP contribution in [0.5, 0.6) is 0 Å². The van der Waals surface area contributed by atoms with Gasteiger partial charge < -0.3 is 9.32 Å². The zero-order chi connectivity index (χ0) is 19.5. The average Bonchev–Trinajstić information content (AvgIpc) is 3.33. The summed E-state index contributed by atoms with van der Waals surface area (Å²) in [4.78, 5) is 45.1. The summed E-state index contributed by atoms with van der Waals surface area (Å²) in [6.45, 7) is 0.355. The number of piperidine rings is 1. The van der Waals surface area contributed by atoms with Gasteiger partial charge in [0.15, 0.2) is 0 Å². The van der Waals surface area contributed by atoms with Gasteiger partial charge in [0.05, 0.1) is 17.2 Å². The van der Waals surface area contributed by atoms with Gasteiger partial charge >= 0.3 is 0 Å². The molecule has 3 amide bonds. The summed E-state index contributed by atoms with van der Waals surface area (Å²) in [5, 5.41) is -0.439. The standard InChI is InChI=1S/C20H19N3O4S/c24-18(22-9-2-1-7-16(22)14-5-3-8-21-12-14)13-23-19(25)17(28-20(23)26)11-15-6-4-10-27-15/h3-6,8,10-12,16H,1-2,7,9,13H2/b17-11-/t16-/m0/s1. The molecule has 0 radical (unpaired) electrons. The number of likely N-dealkylation sites (tertiary alicyclic amines) is 1. The summed E-state index contributed by atoms with van der Waals surface area (Å²) >= 11 is 0.824. The summed E-state index contributed by atoms with van der Waals surface area (Å²) in [5.74, 6) is -0.200. The van der Waals surface area contributed by atoms with E-state index in [9.17, 15) is 14.4 Å². The molecule has 1 atom stereocenters. The van der Waals surface area contributed by atoms with E-state index in [4.69, 9.17) is 4.42 Å². The molecule has 0 unspecified atom stereocenters. The first-order chi connectivity index (χ1) is 13.6. The molecule has 4 heterocycles. The van der Waals surface area contributed by atoms with E-state index in [1.807, 2.05) is 12.1 Å². The molecule has 144 valence electrons. The quantitative estimate of drug-likeness (QED) is 0.735. The first kappa shape index (κ1) is 18.5. The molecule has 0 aromatic carbocycles. The normalized spacial score (nSPS) is 21.6. The molecule has 8 heteroatoms. The Labute approximate surface area is 166 Å². The maximum Gasteiger partial charge on any atom is 0.294 e. The van der Waals surface area contributed by atoms with Gasteiger partial charge in [-0.25, -0.2) is 0 Å². The van der Waals surface area contributed by atoms with Crippen LogP contribution in [0.4, 0.5) is 4.79 Å². The van der Waals surface area contributed by atoms with E-state index in [2.05, 4.69) is 4.98 Å². The third-order valence-electron chi connectivity index (χ3n) is 4.88. The Hall–Kier alpha value is -2.87. The third kappa shape index (κ3) is 3.73. The van der Waals surface area contributed by atoms with E-state index >= 15 is 0 Å². The average molecular weight is 397 g/mol. The molecular formula is C20H19N3O4S. The molecule has 0 bridgehead atoms. The second kappa shape index (κ2) is 8.02. The monoisotopic (exact) mass is 397 g/mol. The first-order valence-electron chi connectivity index (χ1n) is 9.12. The number of imide groups is 1. The van der Waals surface area contributed by atoms with Crippen LogP contribution in [0, 0.1) is 0 Å². The number of amides is 3. The molecule has 28 heavy (non-hydrogen) atoms. The van der Waals surface area contributed by atoms with Crippen molar-refractivity contribution in [2.24, 2.45) is 0 Å². The van der Waals surface area contributed by atoms with Crippen molar-refractivity contribution in [3.63, 3.8) is 0 Å². The number of nitrogens with zero attached hydrogens (tertiary/aromatic N) is 3. The van der Waals surface area contributed by atoms with E-state index in [-0.39, 0.29) is 23.4 Å². The fraction of sp³-hybridized carbons (Fsp3) is 0.300. The summed E-state index contributed by atoms with van der Waals surface area (Å²) in [6.07, 6.45) is 9.26. The van der Waals surface area contributed by atoms with Gasteiger partial charge in [0, 0.05) is 25.0 Å². The SMILES string of the molecule is O=C1S/C(=C\c2ccco2)C(=O)N1CC(=O)N1CCCC[C@H]1c1cccnc1. The number of pyridine rings is 1. The first-order valence-corrected chi connectivity index (χ1v) is 9.93. The minimum Gasteiger partial charge on any atom is -0.465 e. The number of furan rings is 1. The number of rotatable bonds is 4. The molecule has 2 aliphatic heterocycles. The minimum absolute atomic E-state index is 0.0754. The predicted molar refractivity (Wildman–Crippen MR) is 104 cm³/mol. The Kier molecular flexibility index (Phi) is 5.29. The van der Waals surface area contributed by atoms with Crippen molar-refractivity contribution in [3.8, 4) is 0 Å². The highest BCUT2D eigenvalue weighted by Gasteiger charge is 2.38. The number of hydrogen-bond acceptors (Lipinski definition) is 6. The second-order valence-corrected chi connectivity index (χ2v) is 7.66. The van der Waals surface area contributed by atoms with Crippen LogP contribution in [0.2, 0.25) is 0 Å². The molecule has 7 nitrogen and oxygen atoms in total. The van der Waals surface area contributed by atoms with Crippen molar-refractivity contribution in [2.45, 2.75) is 25.3 Å². The van der Waals surface area contributed by atoms with Crippen LogP contribution in [0.15, 0.2) is 52.2 Å². The lowest BCUT2D eigenvalue weighted by molar-refractivity contribution is -0.138. The molecule has 0 aliphatic carbocycles. The zero-order valence-electron chi connectivity index (χ0n) is 15.1. The van der Waals surface area contributed by atoms with Gasteiger partial charge in [-0.15, -0.1) is 0 Å². The van der Waals surface area contributed by atoms with Crippen LogP contribution < -0.4 is 0 Å². The second-order valence-electron chi connectivity index (χ2n) is 6.67. The van der Waals surface area contributed by atoms with Gasteiger partial charge in [0.25, 0.3) is 11.1 Å². The van der Waals surface area contributed by atoms with Crippen molar-refractivity contribution in [2.75, 3.05) is 13.1 Å². The highest BCUT2D eigenvalue weighted by Crippen LogP contribution is 2.34. The summed E-state index contributed by atoms with van der Waals surface area (Å²) < 4.78 is 5.20. The molecule has 2 aliphatic rings. The Balaban J connectivity index is 1.49. The van der Waals surface area contributed by atoms with Crippen molar-refractivity contribution in [1.82, 2.24) is 14.8 Å². The zero-order valence-corrected chi connectivity index (χ0v) is 15.9. The summed E-state index contributed by atoms with van der Waals surface area (Å²) in [5.41, 5.74) is 0.974. The molecular weight excluding hydrogens is 378 g/mol. The lowest BCUT2D eigenvalue weighted by atomic mass is 9.96. The van der Waals surface area contributed by atoms with Gasteiger partial charge in [-0.2, -0.15) is 0 Å². The molecule has 2 saturated heterocycles. The van der Waals surface area contributed by atoms with Gasteiger partial charge in [0.1, 0.15) is 12.3 Å². The molecule has 0 saturated carbocycles. The Morgan fingerprint density at radius 2 is 2.18 bits per heavy atom. The molecule has 4 rings (SSSR count). The molecule has 2 aromatic rings. The van der Waals surface area contributed by atoms with Crippen molar-refractivity contribution in [1.29, 1.82) is 0 Å². The number of thioether (sulfide) groups is 1. The summed E-state index contributed by atoms with van der Waals surface area (Å²) in [7, 11) is 0. The minimum atomic E-state index is -0.463. The van der Waals surface area contributed by atoms with E-state index in [1.165, 1.54) is 12.3 Å². The number of hydrogen-bond donors (Lipinski definition) is 0. The van der Waals surface area contributed by atoms with Crippen LogP contribution in [-0.2, 0) is 9.59 Å². The van der Waals surface area contributed by atoms with Crippen LogP contribution >= 0.6 is 11.8 Å². The highest BCUT2D eigenvalue weighted by atomic mass is 32.2. The maximum absolute atomic E-state index is 13.0. The lowest BCUT2D eigenvalue weighted by Gasteiger charge is -2.36. The number of carbonyl (C=O) groups is 3.